The Morgan fingerprint density at radius 2 is 2.06 bits per heavy atom. The van der Waals surface area contributed by atoms with E-state index in [4.69, 9.17) is 10.5 Å². The maximum absolute atomic E-state index is 6.35. The summed E-state index contributed by atoms with van der Waals surface area (Å²) in [5.41, 5.74) is 7.50. The van der Waals surface area contributed by atoms with Gasteiger partial charge in [0, 0.05) is 22.5 Å². The molecule has 0 saturated heterocycles. The number of benzene rings is 1. The third kappa shape index (κ3) is 2.19. The van der Waals surface area contributed by atoms with E-state index in [-0.39, 0.29) is 11.6 Å². The lowest BCUT2D eigenvalue weighted by Crippen LogP contribution is -2.45. The first-order valence-electron chi connectivity index (χ1n) is 6.82. The molecule has 98 valence electrons. The van der Waals surface area contributed by atoms with Crippen LogP contribution in [-0.4, -0.2) is 5.60 Å². The lowest BCUT2D eigenvalue weighted by atomic mass is 9.74. The molecule has 2 aliphatic rings. The van der Waals surface area contributed by atoms with Crippen LogP contribution in [0.15, 0.2) is 22.7 Å². The van der Waals surface area contributed by atoms with Gasteiger partial charge in [0.05, 0.1) is 0 Å². The van der Waals surface area contributed by atoms with Crippen molar-refractivity contribution in [3.63, 3.8) is 0 Å². The number of ether oxygens (including phenoxy) is 1. The van der Waals surface area contributed by atoms with Crippen molar-refractivity contribution >= 4 is 15.9 Å². The quantitative estimate of drug-likeness (QED) is 0.780. The van der Waals surface area contributed by atoms with Crippen molar-refractivity contribution in [3.8, 4) is 5.75 Å². The lowest BCUT2D eigenvalue weighted by molar-refractivity contribution is -0.00858. The molecule has 1 unspecified atom stereocenters. The van der Waals surface area contributed by atoms with Gasteiger partial charge in [0.15, 0.2) is 0 Å². The highest BCUT2D eigenvalue weighted by atomic mass is 79.9. The largest absolute Gasteiger partial charge is 0.487 e. The van der Waals surface area contributed by atoms with Crippen LogP contribution < -0.4 is 10.5 Å². The first kappa shape index (κ1) is 12.5. The van der Waals surface area contributed by atoms with Crippen LogP contribution in [-0.2, 0) is 0 Å². The minimum atomic E-state index is -0.000278. The fourth-order valence-corrected chi connectivity index (χ4v) is 3.62. The van der Waals surface area contributed by atoms with Gasteiger partial charge in [0.2, 0.25) is 0 Å². The summed E-state index contributed by atoms with van der Waals surface area (Å²) in [6, 6.07) is 6.31. The van der Waals surface area contributed by atoms with Gasteiger partial charge in [-0.05, 0) is 43.7 Å². The average molecular weight is 310 g/mol. The van der Waals surface area contributed by atoms with Crippen molar-refractivity contribution in [1.82, 2.24) is 0 Å². The number of hydrogen-bond donors (Lipinski definition) is 1. The third-order valence-electron chi connectivity index (χ3n) is 4.48. The standard InChI is InChI=1S/C15H20BrNO/c1-10-4-6-15(7-5-10)9-13(17)12-3-2-11(16)8-14(12)18-15/h2-3,8,10,13H,4-7,9,17H2,1H3. The monoisotopic (exact) mass is 309 g/mol. The summed E-state index contributed by atoms with van der Waals surface area (Å²) < 4.78 is 7.41. The van der Waals surface area contributed by atoms with E-state index in [1.165, 1.54) is 12.8 Å². The van der Waals surface area contributed by atoms with E-state index in [0.29, 0.717) is 0 Å². The molecular weight excluding hydrogens is 290 g/mol. The molecule has 1 aromatic rings. The van der Waals surface area contributed by atoms with Gasteiger partial charge in [-0.3, -0.25) is 0 Å². The van der Waals surface area contributed by atoms with Crippen LogP contribution in [0.1, 0.15) is 50.6 Å². The number of rotatable bonds is 0. The van der Waals surface area contributed by atoms with E-state index < -0.39 is 0 Å². The van der Waals surface area contributed by atoms with Crippen LogP contribution >= 0.6 is 15.9 Å². The molecule has 1 saturated carbocycles. The van der Waals surface area contributed by atoms with Crippen LogP contribution in [0.5, 0.6) is 5.75 Å². The highest BCUT2D eigenvalue weighted by Gasteiger charge is 2.41. The second-order valence-corrected chi connectivity index (χ2v) is 6.88. The molecule has 1 atom stereocenters. The van der Waals surface area contributed by atoms with E-state index in [0.717, 1.165) is 41.0 Å². The maximum atomic E-state index is 6.35. The Kier molecular flexibility index (Phi) is 3.15. The summed E-state index contributed by atoms with van der Waals surface area (Å²) in [6.45, 7) is 2.33. The zero-order chi connectivity index (χ0) is 12.8. The number of nitrogens with two attached hydrogens (primary N) is 1. The van der Waals surface area contributed by atoms with Crippen molar-refractivity contribution in [2.24, 2.45) is 11.7 Å². The Bertz CT molecular complexity index is 452. The van der Waals surface area contributed by atoms with Crippen molar-refractivity contribution in [2.45, 2.75) is 50.7 Å². The van der Waals surface area contributed by atoms with Crippen LogP contribution in [0.25, 0.3) is 0 Å². The van der Waals surface area contributed by atoms with Crippen LogP contribution in [0.3, 0.4) is 0 Å². The molecule has 3 heteroatoms. The second kappa shape index (κ2) is 4.53. The summed E-state index contributed by atoms with van der Waals surface area (Å²) in [7, 11) is 0. The molecule has 0 bridgehead atoms. The van der Waals surface area contributed by atoms with E-state index >= 15 is 0 Å². The minimum Gasteiger partial charge on any atom is -0.487 e. The van der Waals surface area contributed by atoms with E-state index in [9.17, 15) is 0 Å². The summed E-state index contributed by atoms with van der Waals surface area (Å²) >= 11 is 3.51. The van der Waals surface area contributed by atoms with Gasteiger partial charge in [0.25, 0.3) is 0 Å². The SMILES string of the molecule is CC1CCC2(CC1)CC(N)c1ccc(Br)cc1O2. The Balaban J connectivity index is 1.90. The van der Waals surface area contributed by atoms with Gasteiger partial charge >= 0.3 is 0 Å². The molecule has 2 N–H and O–H groups in total. The molecule has 2 nitrogen and oxygen atoms in total. The highest BCUT2D eigenvalue weighted by molar-refractivity contribution is 9.10. The molecule has 3 rings (SSSR count). The van der Waals surface area contributed by atoms with Gasteiger partial charge in [-0.25, -0.2) is 0 Å². The molecule has 1 aliphatic heterocycles. The summed E-state index contributed by atoms with van der Waals surface area (Å²) in [6.07, 6.45) is 5.78. The number of fused-ring (bicyclic) bond motifs is 1. The van der Waals surface area contributed by atoms with Gasteiger partial charge < -0.3 is 10.5 Å². The first-order chi connectivity index (χ1) is 8.58. The smallest absolute Gasteiger partial charge is 0.126 e. The zero-order valence-electron chi connectivity index (χ0n) is 10.8. The van der Waals surface area contributed by atoms with E-state index in [2.05, 4.69) is 35.0 Å². The molecule has 0 radical (unpaired) electrons. The molecule has 1 aliphatic carbocycles. The molecule has 1 aromatic carbocycles. The molecule has 0 aromatic heterocycles. The molecule has 1 fully saturated rings. The van der Waals surface area contributed by atoms with Crippen molar-refractivity contribution in [3.05, 3.63) is 28.2 Å². The summed E-state index contributed by atoms with van der Waals surface area (Å²) in [4.78, 5) is 0. The van der Waals surface area contributed by atoms with Crippen LogP contribution in [0.4, 0.5) is 0 Å². The van der Waals surface area contributed by atoms with Crippen LogP contribution in [0.2, 0.25) is 0 Å². The molecule has 1 spiro atoms. The minimum absolute atomic E-state index is 0.000278. The first-order valence-corrected chi connectivity index (χ1v) is 7.61. The van der Waals surface area contributed by atoms with Gasteiger partial charge in [-0.2, -0.15) is 0 Å². The average Bonchev–Trinajstić information content (AvgIpc) is 2.33. The molecular formula is C15H20BrNO. The van der Waals surface area contributed by atoms with Gasteiger partial charge in [-0.15, -0.1) is 0 Å². The third-order valence-corrected chi connectivity index (χ3v) is 4.97. The highest BCUT2D eigenvalue weighted by Crippen LogP contribution is 2.46. The Morgan fingerprint density at radius 1 is 1.33 bits per heavy atom. The Hall–Kier alpha value is -0.540. The Labute approximate surface area is 117 Å². The Morgan fingerprint density at radius 3 is 2.78 bits per heavy atom. The fourth-order valence-electron chi connectivity index (χ4n) is 3.28. The van der Waals surface area contributed by atoms with Crippen molar-refractivity contribution in [2.75, 3.05) is 0 Å². The van der Waals surface area contributed by atoms with Crippen molar-refractivity contribution < 1.29 is 4.74 Å². The normalized spacial score (nSPS) is 35.1. The maximum Gasteiger partial charge on any atom is 0.126 e. The molecule has 0 amide bonds. The van der Waals surface area contributed by atoms with Gasteiger partial charge in [-0.1, -0.05) is 28.9 Å². The van der Waals surface area contributed by atoms with Crippen molar-refractivity contribution in [1.29, 1.82) is 0 Å². The summed E-state index contributed by atoms with van der Waals surface area (Å²) in [5.74, 6) is 1.82. The predicted molar refractivity (Wildman–Crippen MR) is 76.7 cm³/mol. The number of hydrogen-bond acceptors (Lipinski definition) is 2. The summed E-state index contributed by atoms with van der Waals surface area (Å²) in [5, 5.41) is 0. The topological polar surface area (TPSA) is 35.2 Å². The molecule has 18 heavy (non-hydrogen) atoms. The van der Waals surface area contributed by atoms with Crippen LogP contribution in [0, 0.1) is 5.92 Å². The lowest BCUT2D eigenvalue weighted by Gasteiger charge is -2.45. The van der Waals surface area contributed by atoms with E-state index in [1.54, 1.807) is 0 Å². The molecule has 1 heterocycles. The fraction of sp³-hybridized carbons (Fsp3) is 0.600. The second-order valence-electron chi connectivity index (χ2n) is 5.96. The van der Waals surface area contributed by atoms with E-state index in [1.807, 2.05) is 6.07 Å². The predicted octanol–water partition coefficient (Wildman–Crippen LogP) is 4.18. The number of halogens is 1. The van der Waals surface area contributed by atoms with Gasteiger partial charge in [0.1, 0.15) is 11.4 Å². The zero-order valence-corrected chi connectivity index (χ0v) is 12.4.